The van der Waals surface area contributed by atoms with Gasteiger partial charge in [-0.15, -0.1) is 0 Å². The molecule has 0 saturated carbocycles. The minimum atomic E-state index is 0.101. The van der Waals surface area contributed by atoms with Crippen LogP contribution in [0.5, 0.6) is 0 Å². The fourth-order valence-electron chi connectivity index (χ4n) is 3.24. The highest BCUT2D eigenvalue weighted by atomic mass is 16.5. The van der Waals surface area contributed by atoms with Gasteiger partial charge in [-0.3, -0.25) is 9.48 Å². The summed E-state index contributed by atoms with van der Waals surface area (Å²) < 4.78 is 12.2. The molecule has 8 nitrogen and oxygen atoms in total. The van der Waals surface area contributed by atoms with Crippen LogP contribution in [0.15, 0.2) is 39.7 Å². The first kappa shape index (κ1) is 15.6. The van der Waals surface area contributed by atoms with Crippen molar-refractivity contribution in [2.24, 2.45) is 7.05 Å². The largest absolute Gasteiger partial charge is 0.461 e. The van der Waals surface area contributed by atoms with Gasteiger partial charge in [0.2, 0.25) is 17.6 Å². The van der Waals surface area contributed by atoms with Crippen LogP contribution in [0.4, 0.5) is 0 Å². The molecule has 0 N–H and O–H groups in total. The van der Waals surface area contributed by atoms with Crippen LogP contribution < -0.4 is 0 Å². The lowest BCUT2D eigenvalue weighted by atomic mass is 10.1. The highest BCUT2D eigenvalue weighted by Gasteiger charge is 2.30. The summed E-state index contributed by atoms with van der Waals surface area (Å²) in [6.07, 6.45) is 8.11. The smallest absolute Gasteiger partial charge is 0.238 e. The molecule has 1 aliphatic heterocycles. The van der Waals surface area contributed by atoms with Crippen LogP contribution in [0, 0.1) is 0 Å². The lowest BCUT2D eigenvalue weighted by Crippen LogP contribution is -2.30. The molecular formula is C17H19N5O3. The Kier molecular flexibility index (Phi) is 4.09. The Bertz CT molecular complexity index is 851. The lowest BCUT2D eigenvalue weighted by Gasteiger charge is -2.23. The number of aromatic nitrogens is 4. The molecule has 0 bridgehead atoms. The van der Waals surface area contributed by atoms with Crippen molar-refractivity contribution in [2.45, 2.75) is 31.7 Å². The zero-order chi connectivity index (χ0) is 17.2. The Morgan fingerprint density at radius 2 is 2.36 bits per heavy atom. The predicted octanol–water partition coefficient (Wildman–Crippen LogP) is 2.36. The third-order valence-electron chi connectivity index (χ3n) is 4.45. The van der Waals surface area contributed by atoms with Crippen LogP contribution >= 0.6 is 0 Å². The monoisotopic (exact) mass is 341 g/mol. The minimum absolute atomic E-state index is 0.101. The summed E-state index contributed by atoms with van der Waals surface area (Å²) in [4.78, 5) is 18.8. The van der Waals surface area contributed by atoms with E-state index in [9.17, 15) is 4.79 Å². The summed E-state index contributed by atoms with van der Waals surface area (Å²) in [5.74, 6) is 1.50. The Hall–Kier alpha value is -2.90. The highest BCUT2D eigenvalue weighted by Crippen LogP contribution is 2.32. The number of carbonyl (C=O) groups excluding carboxylic acids is 1. The maximum absolute atomic E-state index is 12.6. The van der Waals surface area contributed by atoms with E-state index in [0.717, 1.165) is 24.9 Å². The normalized spacial score (nSPS) is 17.3. The van der Waals surface area contributed by atoms with Crippen LogP contribution in [0.25, 0.3) is 11.6 Å². The molecule has 1 aliphatic rings. The van der Waals surface area contributed by atoms with E-state index in [2.05, 4.69) is 15.2 Å². The van der Waals surface area contributed by atoms with Crippen molar-refractivity contribution in [1.29, 1.82) is 0 Å². The zero-order valence-electron chi connectivity index (χ0n) is 14.0. The number of furan rings is 1. The van der Waals surface area contributed by atoms with E-state index < -0.39 is 0 Å². The van der Waals surface area contributed by atoms with Crippen LogP contribution in [0.1, 0.15) is 36.8 Å². The Morgan fingerprint density at radius 1 is 1.44 bits per heavy atom. The molecule has 130 valence electrons. The number of hydrogen-bond donors (Lipinski definition) is 0. The molecule has 1 atom stereocenters. The summed E-state index contributed by atoms with van der Waals surface area (Å²) in [6, 6.07) is 3.64. The molecule has 3 aromatic heterocycles. The van der Waals surface area contributed by atoms with Gasteiger partial charge in [0.05, 0.1) is 18.5 Å². The Balaban J connectivity index is 1.38. The van der Waals surface area contributed by atoms with Gasteiger partial charge in [-0.25, -0.2) is 0 Å². The fraction of sp³-hybridized carbons (Fsp3) is 0.412. The van der Waals surface area contributed by atoms with Crippen LogP contribution in [-0.2, 0) is 18.3 Å². The summed E-state index contributed by atoms with van der Waals surface area (Å²) in [5.41, 5.74) is 1.09. The van der Waals surface area contributed by atoms with Gasteiger partial charge in [-0.2, -0.15) is 10.1 Å². The summed E-state index contributed by atoms with van der Waals surface area (Å²) >= 11 is 0. The number of hydrogen-bond acceptors (Lipinski definition) is 6. The van der Waals surface area contributed by atoms with E-state index in [1.54, 1.807) is 23.1 Å². The average molecular weight is 341 g/mol. The second-order valence-corrected chi connectivity index (χ2v) is 6.18. The minimum Gasteiger partial charge on any atom is -0.461 e. The first-order valence-electron chi connectivity index (χ1n) is 8.35. The van der Waals surface area contributed by atoms with Crippen molar-refractivity contribution >= 4 is 5.91 Å². The number of aryl methyl sites for hydroxylation is 2. The molecule has 1 saturated heterocycles. The van der Waals surface area contributed by atoms with Crippen molar-refractivity contribution in [3.63, 3.8) is 0 Å². The SMILES string of the molecule is Cn1cc(C2CCCN2C(=O)CCc2nc(-c3ccco3)no2)cn1. The second kappa shape index (κ2) is 6.54. The van der Waals surface area contributed by atoms with Crippen molar-refractivity contribution in [2.75, 3.05) is 6.54 Å². The van der Waals surface area contributed by atoms with Crippen LogP contribution in [0.3, 0.4) is 0 Å². The molecule has 4 rings (SSSR count). The molecule has 1 unspecified atom stereocenters. The maximum atomic E-state index is 12.6. The van der Waals surface area contributed by atoms with E-state index in [-0.39, 0.29) is 11.9 Å². The molecule has 3 aromatic rings. The first-order valence-corrected chi connectivity index (χ1v) is 8.35. The molecule has 0 radical (unpaired) electrons. The Labute approximate surface area is 144 Å². The lowest BCUT2D eigenvalue weighted by molar-refractivity contribution is -0.132. The number of amides is 1. The van der Waals surface area contributed by atoms with Gasteiger partial charge in [-0.1, -0.05) is 5.16 Å². The van der Waals surface area contributed by atoms with Crippen molar-refractivity contribution in [1.82, 2.24) is 24.8 Å². The number of nitrogens with zero attached hydrogens (tertiary/aromatic N) is 5. The summed E-state index contributed by atoms with van der Waals surface area (Å²) in [7, 11) is 1.89. The van der Waals surface area contributed by atoms with E-state index in [1.807, 2.05) is 24.3 Å². The molecule has 1 fully saturated rings. The van der Waals surface area contributed by atoms with Crippen molar-refractivity contribution < 1.29 is 13.7 Å². The molecule has 25 heavy (non-hydrogen) atoms. The van der Waals surface area contributed by atoms with Crippen LogP contribution in [0.2, 0.25) is 0 Å². The van der Waals surface area contributed by atoms with Gasteiger partial charge in [-0.05, 0) is 25.0 Å². The number of carbonyl (C=O) groups is 1. The van der Waals surface area contributed by atoms with Crippen molar-refractivity contribution in [3.05, 3.63) is 42.2 Å². The highest BCUT2D eigenvalue weighted by molar-refractivity contribution is 5.77. The van der Waals surface area contributed by atoms with E-state index >= 15 is 0 Å². The number of rotatable bonds is 5. The molecule has 8 heteroatoms. The quantitative estimate of drug-likeness (QED) is 0.707. The first-order chi connectivity index (χ1) is 12.2. The molecule has 0 aromatic carbocycles. The molecule has 0 spiro atoms. The van der Waals surface area contributed by atoms with Gasteiger partial charge in [0.1, 0.15) is 0 Å². The van der Waals surface area contributed by atoms with Gasteiger partial charge in [0.25, 0.3) is 0 Å². The van der Waals surface area contributed by atoms with Gasteiger partial charge >= 0.3 is 0 Å². The third-order valence-corrected chi connectivity index (χ3v) is 4.45. The molecule has 1 amide bonds. The average Bonchev–Trinajstić information content (AvgIpc) is 3.38. The van der Waals surface area contributed by atoms with Gasteiger partial charge < -0.3 is 13.8 Å². The van der Waals surface area contributed by atoms with Crippen LogP contribution in [-0.4, -0.2) is 37.3 Å². The second-order valence-electron chi connectivity index (χ2n) is 6.18. The maximum Gasteiger partial charge on any atom is 0.238 e. The molecule has 4 heterocycles. The van der Waals surface area contributed by atoms with E-state index in [0.29, 0.717) is 30.3 Å². The third kappa shape index (κ3) is 3.19. The van der Waals surface area contributed by atoms with Gasteiger partial charge in [0.15, 0.2) is 5.76 Å². The van der Waals surface area contributed by atoms with E-state index in [4.69, 9.17) is 8.94 Å². The predicted molar refractivity (Wildman–Crippen MR) is 87.2 cm³/mol. The topological polar surface area (TPSA) is 90.2 Å². The summed E-state index contributed by atoms with van der Waals surface area (Å²) in [5, 5.41) is 8.10. The fourth-order valence-corrected chi connectivity index (χ4v) is 3.24. The summed E-state index contributed by atoms with van der Waals surface area (Å²) in [6.45, 7) is 0.778. The molecule has 0 aliphatic carbocycles. The number of likely N-dealkylation sites (tertiary alicyclic amines) is 1. The standard InChI is InChI=1S/C17H19N5O3/c1-21-11-12(10-18-21)13-4-2-8-22(13)16(23)7-6-15-19-17(20-25-15)14-5-3-9-24-14/h3,5,9-11,13H,2,4,6-8H2,1H3. The molecular weight excluding hydrogens is 322 g/mol. The van der Waals surface area contributed by atoms with Crippen molar-refractivity contribution in [3.8, 4) is 11.6 Å². The zero-order valence-corrected chi connectivity index (χ0v) is 14.0. The van der Waals surface area contributed by atoms with E-state index in [1.165, 1.54) is 0 Å². The Morgan fingerprint density at radius 3 is 3.12 bits per heavy atom. The van der Waals surface area contributed by atoms with Gasteiger partial charge in [0, 0.05) is 38.2 Å².